The van der Waals surface area contributed by atoms with Crippen molar-refractivity contribution in [2.24, 2.45) is 0 Å². The third-order valence-corrected chi connectivity index (χ3v) is 5.64. The fraction of sp³-hybridized carbons (Fsp3) is 0.381. The number of benzene rings is 1. The molecule has 1 aliphatic rings. The van der Waals surface area contributed by atoms with E-state index in [-0.39, 0.29) is 6.61 Å². The molecule has 148 valence electrons. The van der Waals surface area contributed by atoms with Crippen LogP contribution in [0, 0.1) is 0 Å². The van der Waals surface area contributed by atoms with E-state index in [0.29, 0.717) is 31.7 Å². The van der Waals surface area contributed by atoms with Crippen molar-refractivity contribution in [2.45, 2.75) is 25.1 Å². The van der Waals surface area contributed by atoms with E-state index < -0.39 is 5.67 Å². The minimum absolute atomic E-state index is 0.0672. The lowest BCUT2D eigenvalue weighted by molar-refractivity contribution is 0.0546. The lowest BCUT2D eigenvalue weighted by Crippen LogP contribution is -2.42. The van der Waals surface area contributed by atoms with Crippen LogP contribution in [0.4, 0.5) is 4.39 Å². The van der Waals surface area contributed by atoms with Gasteiger partial charge in [-0.15, -0.1) is 0 Å². The number of nitrogens with zero attached hydrogens (tertiary/aromatic N) is 1. The van der Waals surface area contributed by atoms with E-state index in [1.165, 1.54) is 5.56 Å². The van der Waals surface area contributed by atoms with Gasteiger partial charge in [0.1, 0.15) is 23.7 Å². The maximum Gasteiger partial charge on any atom is 0.147 e. The number of piperidine rings is 1. The Hall–Kier alpha value is -2.09. The normalized spacial score (nSPS) is 16.4. The molecule has 0 amide bonds. The Morgan fingerprint density at radius 2 is 2.00 bits per heavy atom. The fourth-order valence-electron chi connectivity index (χ4n) is 3.56. The van der Waals surface area contributed by atoms with Crippen LogP contribution in [-0.4, -0.2) is 41.6 Å². The van der Waals surface area contributed by atoms with Crippen molar-refractivity contribution in [3.8, 4) is 16.9 Å². The van der Waals surface area contributed by atoms with E-state index in [4.69, 9.17) is 4.74 Å². The number of alkyl halides is 1. The van der Waals surface area contributed by atoms with E-state index in [9.17, 15) is 4.39 Å². The Morgan fingerprint density at radius 3 is 2.75 bits per heavy atom. The zero-order chi connectivity index (χ0) is 19.4. The highest BCUT2D eigenvalue weighted by Crippen LogP contribution is 2.35. The smallest absolute Gasteiger partial charge is 0.147 e. The lowest BCUT2D eigenvalue weighted by Gasteiger charge is -2.29. The van der Waals surface area contributed by atoms with E-state index in [2.05, 4.69) is 44.3 Å². The molecule has 1 aliphatic heterocycles. The Kier molecular flexibility index (Phi) is 5.85. The van der Waals surface area contributed by atoms with Crippen LogP contribution in [0.5, 0.6) is 5.75 Å². The molecule has 0 radical (unpaired) electrons. The van der Waals surface area contributed by atoms with E-state index >= 15 is 0 Å². The number of H-pyrrole nitrogens is 1. The molecule has 0 aliphatic carbocycles. The third-order valence-electron chi connectivity index (χ3n) is 5.21. The standard InChI is InChI=1S/C21H25FN4OS/c1-28-26-12-15-2-4-16(5-3-15)17-13-25-20-19(17)18(6-9-24-20)27-14-21(22)7-10-23-11-8-21/h2-6,9,13,23,26H,7-8,10-12,14H2,1H3,(H,24,25). The van der Waals surface area contributed by atoms with Crippen LogP contribution >= 0.6 is 11.9 Å². The molecule has 0 bridgehead atoms. The van der Waals surface area contributed by atoms with Crippen LogP contribution < -0.4 is 14.8 Å². The lowest BCUT2D eigenvalue weighted by atomic mass is 9.95. The number of halogens is 1. The molecule has 1 fully saturated rings. The predicted octanol–water partition coefficient (Wildman–Crippen LogP) is 4.07. The molecule has 28 heavy (non-hydrogen) atoms. The maximum atomic E-state index is 15.0. The Balaban J connectivity index is 1.59. The monoisotopic (exact) mass is 400 g/mol. The Labute approximate surface area is 168 Å². The zero-order valence-corrected chi connectivity index (χ0v) is 16.7. The summed E-state index contributed by atoms with van der Waals surface area (Å²) in [4.78, 5) is 7.62. The van der Waals surface area contributed by atoms with Crippen molar-refractivity contribution in [3.63, 3.8) is 0 Å². The van der Waals surface area contributed by atoms with Gasteiger partial charge in [-0.1, -0.05) is 36.2 Å². The SMILES string of the molecule is CSNCc1ccc(-c2c[nH]c3nccc(OCC4(F)CCNCC4)c23)cc1. The summed E-state index contributed by atoms with van der Waals surface area (Å²) in [6, 6.07) is 10.2. The van der Waals surface area contributed by atoms with Gasteiger partial charge in [0.2, 0.25) is 0 Å². The summed E-state index contributed by atoms with van der Waals surface area (Å²) in [5.41, 5.74) is 2.79. The van der Waals surface area contributed by atoms with Crippen molar-refractivity contribution in [2.75, 3.05) is 26.0 Å². The highest BCUT2D eigenvalue weighted by molar-refractivity contribution is 7.96. The molecule has 3 N–H and O–H groups in total. The number of hydrogen-bond acceptors (Lipinski definition) is 5. The van der Waals surface area contributed by atoms with E-state index in [1.807, 2.05) is 18.5 Å². The van der Waals surface area contributed by atoms with Crippen molar-refractivity contribution in [1.82, 2.24) is 20.0 Å². The predicted molar refractivity (Wildman–Crippen MR) is 113 cm³/mol. The third kappa shape index (κ3) is 4.16. The summed E-state index contributed by atoms with van der Waals surface area (Å²) < 4.78 is 24.2. The molecule has 0 atom stereocenters. The van der Waals surface area contributed by atoms with Gasteiger partial charge in [-0.2, -0.15) is 0 Å². The zero-order valence-electron chi connectivity index (χ0n) is 15.9. The van der Waals surface area contributed by atoms with Crippen molar-refractivity contribution in [1.29, 1.82) is 0 Å². The number of hydrogen-bond donors (Lipinski definition) is 3. The summed E-state index contributed by atoms with van der Waals surface area (Å²) in [5.74, 6) is 0.671. The Morgan fingerprint density at radius 1 is 1.21 bits per heavy atom. The summed E-state index contributed by atoms with van der Waals surface area (Å²) in [6.07, 6.45) is 6.61. The molecule has 3 heterocycles. The number of nitrogens with one attached hydrogen (secondary N) is 3. The highest BCUT2D eigenvalue weighted by atomic mass is 32.2. The quantitative estimate of drug-likeness (QED) is 0.522. The van der Waals surface area contributed by atoms with Crippen molar-refractivity contribution < 1.29 is 9.13 Å². The molecule has 0 spiro atoms. The molecule has 0 saturated carbocycles. The van der Waals surface area contributed by atoms with Gasteiger partial charge in [0.25, 0.3) is 0 Å². The minimum Gasteiger partial charge on any atom is -0.489 e. The number of rotatable bonds is 7. The van der Waals surface area contributed by atoms with Crippen LogP contribution in [0.2, 0.25) is 0 Å². The first-order chi connectivity index (χ1) is 13.7. The number of pyridine rings is 1. The van der Waals surface area contributed by atoms with Gasteiger partial charge < -0.3 is 15.0 Å². The molecule has 3 aromatic rings. The topological polar surface area (TPSA) is 62.0 Å². The van der Waals surface area contributed by atoms with Gasteiger partial charge in [-0.25, -0.2) is 9.37 Å². The summed E-state index contributed by atoms with van der Waals surface area (Å²) in [7, 11) is 0. The summed E-state index contributed by atoms with van der Waals surface area (Å²) >= 11 is 1.60. The van der Waals surface area contributed by atoms with Crippen molar-refractivity contribution in [3.05, 3.63) is 48.3 Å². The summed E-state index contributed by atoms with van der Waals surface area (Å²) in [5, 5.41) is 4.09. The molecule has 0 unspecified atom stereocenters. The van der Waals surface area contributed by atoms with Crippen LogP contribution in [-0.2, 0) is 6.54 Å². The molecular weight excluding hydrogens is 375 g/mol. The average Bonchev–Trinajstić information content (AvgIpc) is 3.16. The second-order valence-electron chi connectivity index (χ2n) is 7.15. The number of ether oxygens (including phenoxy) is 1. The average molecular weight is 401 g/mol. The number of aromatic nitrogens is 2. The van der Waals surface area contributed by atoms with Gasteiger partial charge in [-0.3, -0.25) is 4.72 Å². The molecule has 2 aromatic heterocycles. The van der Waals surface area contributed by atoms with E-state index in [0.717, 1.165) is 28.7 Å². The van der Waals surface area contributed by atoms with Gasteiger partial charge in [0, 0.05) is 24.5 Å². The van der Waals surface area contributed by atoms with E-state index in [1.54, 1.807) is 18.1 Å². The largest absolute Gasteiger partial charge is 0.489 e. The first-order valence-electron chi connectivity index (χ1n) is 9.52. The van der Waals surface area contributed by atoms with Crippen LogP contribution in [0.25, 0.3) is 22.2 Å². The van der Waals surface area contributed by atoms with Gasteiger partial charge in [0.15, 0.2) is 0 Å². The highest BCUT2D eigenvalue weighted by Gasteiger charge is 2.32. The minimum atomic E-state index is -1.27. The van der Waals surface area contributed by atoms with Gasteiger partial charge >= 0.3 is 0 Å². The second kappa shape index (κ2) is 8.51. The molecule has 1 aromatic carbocycles. The van der Waals surface area contributed by atoms with Crippen LogP contribution in [0.3, 0.4) is 0 Å². The number of aromatic amines is 1. The molecule has 4 rings (SSSR count). The second-order valence-corrected chi connectivity index (χ2v) is 7.84. The fourth-order valence-corrected chi connectivity index (χ4v) is 3.87. The number of fused-ring (bicyclic) bond motifs is 1. The van der Waals surface area contributed by atoms with Gasteiger partial charge in [0.05, 0.1) is 5.39 Å². The van der Waals surface area contributed by atoms with Crippen LogP contribution in [0.15, 0.2) is 42.7 Å². The molecule has 7 heteroatoms. The first kappa shape index (κ1) is 19.2. The summed E-state index contributed by atoms with van der Waals surface area (Å²) in [6.45, 7) is 2.27. The van der Waals surface area contributed by atoms with Crippen molar-refractivity contribution >= 4 is 23.0 Å². The Bertz CT molecular complexity index is 922. The first-order valence-corrected chi connectivity index (χ1v) is 10.7. The maximum absolute atomic E-state index is 15.0. The van der Waals surface area contributed by atoms with Gasteiger partial charge in [-0.05, 0) is 49.4 Å². The molecule has 1 saturated heterocycles. The van der Waals surface area contributed by atoms with Crippen LogP contribution in [0.1, 0.15) is 18.4 Å². The molecule has 5 nitrogen and oxygen atoms in total. The molecular formula is C21H25FN4OS.